The minimum atomic E-state index is -0.272. The molecule has 1 aliphatic carbocycles. The van der Waals surface area contributed by atoms with Crippen LogP contribution < -0.4 is 0 Å². The fraction of sp³-hybridized carbons (Fsp3) is 0.600. The number of nitrogens with zero attached hydrogens (tertiary/aromatic N) is 2. The predicted molar refractivity (Wildman–Crippen MR) is 64.6 cm³/mol. The number of ether oxygens (including phenoxy) is 1. The molecule has 0 amide bonds. The first-order valence-electron chi connectivity index (χ1n) is 4.92. The molecule has 1 heterocycles. The molecule has 1 aliphatic rings. The number of rotatable bonds is 2. The van der Waals surface area contributed by atoms with E-state index in [0.29, 0.717) is 0 Å². The highest BCUT2D eigenvalue weighted by atomic mass is 79.9. The summed E-state index contributed by atoms with van der Waals surface area (Å²) >= 11 is 6.75. The summed E-state index contributed by atoms with van der Waals surface area (Å²) in [6.07, 6.45) is 4.38. The summed E-state index contributed by atoms with van der Waals surface area (Å²) in [6.45, 7) is 0. The molecule has 0 spiro atoms. The van der Waals surface area contributed by atoms with Gasteiger partial charge in [-0.05, 0) is 57.5 Å². The van der Waals surface area contributed by atoms with Gasteiger partial charge < -0.3 is 4.74 Å². The Hall–Kier alpha value is -0.0000000000000000555. The fourth-order valence-electron chi connectivity index (χ4n) is 2.06. The third kappa shape index (κ3) is 2.24. The van der Waals surface area contributed by atoms with E-state index in [9.17, 15) is 0 Å². The minimum Gasteiger partial charge on any atom is -0.370 e. The lowest BCUT2D eigenvalue weighted by Gasteiger charge is -2.25. The van der Waals surface area contributed by atoms with Gasteiger partial charge in [-0.15, -0.1) is 0 Å². The van der Waals surface area contributed by atoms with Gasteiger partial charge in [-0.25, -0.2) is 9.97 Å². The molecule has 3 nitrogen and oxygen atoms in total. The highest BCUT2D eigenvalue weighted by Gasteiger charge is 2.38. The lowest BCUT2D eigenvalue weighted by atomic mass is 10.0. The summed E-state index contributed by atoms with van der Waals surface area (Å²) in [5.74, 6) is 0.781. The Morgan fingerprint density at radius 3 is 2.20 bits per heavy atom. The molecule has 0 saturated heterocycles. The first-order valence-corrected chi connectivity index (χ1v) is 6.51. The van der Waals surface area contributed by atoms with E-state index in [1.807, 2.05) is 6.07 Å². The number of methoxy groups -OCH3 is 1. The van der Waals surface area contributed by atoms with E-state index in [1.165, 1.54) is 12.8 Å². The second-order valence-corrected chi connectivity index (χ2v) is 5.37. The summed E-state index contributed by atoms with van der Waals surface area (Å²) in [5, 5.41) is 0. The molecule has 0 aliphatic heterocycles. The molecule has 2 rings (SSSR count). The summed E-state index contributed by atoms with van der Waals surface area (Å²) < 4.78 is 7.22. The van der Waals surface area contributed by atoms with Crippen LogP contribution in [0, 0.1) is 0 Å². The lowest BCUT2D eigenvalue weighted by Crippen LogP contribution is -2.27. The SMILES string of the molecule is COC1(c2nc(Br)cc(Br)n2)CCCC1. The van der Waals surface area contributed by atoms with Crippen molar-refractivity contribution in [2.24, 2.45) is 0 Å². The predicted octanol–water partition coefficient (Wildman–Crippen LogP) is 3.42. The van der Waals surface area contributed by atoms with Gasteiger partial charge in [0.25, 0.3) is 0 Å². The average Bonchev–Trinajstić information content (AvgIpc) is 2.65. The van der Waals surface area contributed by atoms with E-state index in [0.717, 1.165) is 27.9 Å². The van der Waals surface area contributed by atoms with E-state index in [-0.39, 0.29) is 5.60 Å². The van der Waals surface area contributed by atoms with Crippen molar-refractivity contribution < 1.29 is 4.74 Å². The molecule has 1 aromatic heterocycles. The van der Waals surface area contributed by atoms with Gasteiger partial charge in [-0.2, -0.15) is 0 Å². The van der Waals surface area contributed by atoms with Crippen LogP contribution in [-0.4, -0.2) is 17.1 Å². The van der Waals surface area contributed by atoms with Crippen LogP contribution >= 0.6 is 31.9 Å². The molecular weight excluding hydrogens is 324 g/mol. The molecule has 0 unspecified atom stereocenters. The van der Waals surface area contributed by atoms with Crippen molar-refractivity contribution in [1.29, 1.82) is 0 Å². The Balaban J connectivity index is 2.42. The van der Waals surface area contributed by atoms with Crippen molar-refractivity contribution in [3.63, 3.8) is 0 Å². The molecule has 0 bridgehead atoms. The van der Waals surface area contributed by atoms with Crippen LogP contribution in [0.25, 0.3) is 0 Å². The standard InChI is InChI=1S/C10H12Br2N2O/c1-15-10(4-2-3-5-10)9-13-7(11)6-8(12)14-9/h6H,2-5H2,1H3. The molecule has 0 N–H and O–H groups in total. The zero-order valence-corrected chi connectivity index (χ0v) is 11.6. The van der Waals surface area contributed by atoms with Crippen LogP contribution in [0.15, 0.2) is 15.3 Å². The summed E-state index contributed by atoms with van der Waals surface area (Å²) in [4.78, 5) is 8.82. The van der Waals surface area contributed by atoms with Gasteiger partial charge in [0.1, 0.15) is 14.8 Å². The number of aromatic nitrogens is 2. The molecule has 0 aromatic carbocycles. The maximum absolute atomic E-state index is 5.63. The van der Waals surface area contributed by atoms with Crippen LogP contribution in [0.1, 0.15) is 31.5 Å². The van der Waals surface area contributed by atoms with Crippen molar-refractivity contribution in [3.05, 3.63) is 21.1 Å². The largest absolute Gasteiger partial charge is 0.370 e. The van der Waals surface area contributed by atoms with Crippen molar-refractivity contribution >= 4 is 31.9 Å². The van der Waals surface area contributed by atoms with Crippen molar-refractivity contribution in [2.45, 2.75) is 31.3 Å². The van der Waals surface area contributed by atoms with Gasteiger partial charge >= 0.3 is 0 Å². The average molecular weight is 336 g/mol. The molecular formula is C10H12Br2N2O. The third-order valence-corrected chi connectivity index (χ3v) is 3.69. The van der Waals surface area contributed by atoms with Crippen molar-refractivity contribution in [2.75, 3.05) is 7.11 Å². The first-order chi connectivity index (χ1) is 7.16. The van der Waals surface area contributed by atoms with Crippen molar-refractivity contribution in [3.8, 4) is 0 Å². The van der Waals surface area contributed by atoms with E-state index in [1.54, 1.807) is 7.11 Å². The normalized spacial score (nSPS) is 19.4. The molecule has 1 aromatic rings. The Morgan fingerprint density at radius 2 is 1.73 bits per heavy atom. The van der Waals surface area contributed by atoms with Gasteiger partial charge in [0.15, 0.2) is 5.82 Å². The van der Waals surface area contributed by atoms with E-state index < -0.39 is 0 Å². The van der Waals surface area contributed by atoms with Gasteiger partial charge in [0.05, 0.1) is 0 Å². The van der Waals surface area contributed by atoms with Crippen LogP contribution in [0.5, 0.6) is 0 Å². The Labute approximate surface area is 106 Å². The Kier molecular flexibility index (Phi) is 3.42. The topological polar surface area (TPSA) is 35.0 Å². The molecule has 1 saturated carbocycles. The maximum atomic E-state index is 5.63. The van der Waals surface area contributed by atoms with Crippen LogP contribution in [0.4, 0.5) is 0 Å². The van der Waals surface area contributed by atoms with E-state index in [4.69, 9.17) is 4.74 Å². The highest BCUT2D eigenvalue weighted by Crippen LogP contribution is 2.40. The molecule has 0 atom stereocenters. The Morgan fingerprint density at radius 1 is 1.20 bits per heavy atom. The van der Waals surface area contributed by atoms with Crippen molar-refractivity contribution in [1.82, 2.24) is 9.97 Å². The smallest absolute Gasteiger partial charge is 0.162 e. The zero-order chi connectivity index (χ0) is 10.9. The van der Waals surface area contributed by atoms with Gasteiger partial charge in [-0.3, -0.25) is 0 Å². The molecule has 82 valence electrons. The second-order valence-electron chi connectivity index (χ2n) is 3.74. The van der Waals surface area contributed by atoms with Crippen LogP contribution in [-0.2, 0) is 10.3 Å². The number of halogens is 2. The molecule has 5 heteroatoms. The number of hydrogen-bond acceptors (Lipinski definition) is 3. The maximum Gasteiger partial charge on any atom is 0.162 e. The summed E-state index contributed by atoms with van der Waals surface area (Å²) in [5.41, 5.74) is -0.272. The van der Waals surface area contributed by atoms with Crippen LogP contribution in [0.2, 0.25) is 0 Å². The monoisotopic (exact) mass is 334 g/mol. The summed E-state index contributed by atoms with van der Waals surface area (Å²) in [7, 11) is 1.74. The fourth-order valence-corrected chi connectivity index (χ4v) is 3.14. The second kappa shape index (κ2) is 4.47. The minimum absolute atomic E-state index is 0.272. The van der Waals surface area contributed by atoms with Gasteiger partial charge in [-0.1, -0.05) is 0 Å². The van der Waals surface area contributed by atoms with Crippen LogP contribution in [0.3, 0.4) is 0 Å². The highest BCUT2D eigenvalue weighted by molar-refractivity contribution is 9.11. The third-order valence-electron chi connectivity index (χ3n) is 2.87. The lowest BCUT2D eigenvalue weighted by molar-refractivity contribution is -0.0165. The zero-order valence-electron chi connectivity index (χ0n) is 8.46. The molecule has 15 heavy (non-hydrogen) atoms. The Bertz CT molecular complexity index is 344. The molecule has 1 fully saturated rings. The summed E-state index contributed by atoms with van der Waals surface area (Å²) in [6, 6.07) is 1.84. The quantitative estimate of drug-likeness (QED) is 0.777. The van der Waals surface area contributed by atoms with E-state index >= 15 is 0 Å². The molecule has 0 radical (unpaired) electrons. The van der Waals surface area contributed by atoms with Gasteiger partial charge in [0, 0.05) is 13.2 Å². The first kappa shape index (κ1) is 11.5. The van der Waals surface area contributed by atoms with E-state index in [2.05, 4.69) is 41.8 Å². The number of hydrogen-bond donors (Lipinski definition) is 0. The van der Waals surface area contributed by atoms with Gasteiger partial charge in [0.2, 0.25) is 0 Å².